The number of anilines is 1. The number of nitrogens with two attached hydrogens (primary N) is 1. The fourth-order valence-corrected chi connectivity index (χ4v) is 3.39. The normalized spacial score (nSPS) is 11.4. The van der Waals surface area contributed by atoms with Gasteiger partial charge in [0.2, 0.25) is 0 Å². The molecule has 2 amide bonds. The Morgan fingerprint density at radius 2 is 1.79 bits per heavy atom. The summed E-state index contributed by atoms with van der Waals surface area (Å²) in [6.45, 7) is 3.47. The van der Waals surface area contributed by atoms with Crippen LogP contribution in [0.15, 0.2) is 66.9 Å². The molecule has 0 fully saturated rings. The van der Waals surface area contributed by atoms with E-state index < -0.39 is 17.9 Å². The molecule has 0 saturated carbocycles. The third-order valence-corrected chi connectivity index (χ3v) is 5.36. The molecule has 6 N–H and O–H groups in total. The number of ether oxygens (including phenoxy) is 2. The molecule has 38 heavy (non-hydrogen) atoms. The molecule has 1 atom stereocenters. The SMILES string of the molecule is CCOc1cc(C(Nc2ccc(C(=N)N)cc2)C(=O)NNC(=O)c2ccccn2)ccc1OCCN(C)C. The van der Waals surface area contributed by atoms with Crippen LogP contribution in [0.1, 0.15) is 34.6 Å². The number of nitrogens with one attached hydrogen (secondary N) is 4. The molecule has 1 aromatic heterocycles. The third-order valence-electron chi connectivity index (χ3n) is 5.36. The van der Waals surface area contributed by atoms with Gasteiger partial charge < -0.3 is 25.4 Å². The lowest BCUT2D eigenvalue weighted by molar-refractivity contribution is -0.122. The van der Waals surface area contributed by atoms with Crippen LogP contribution in [0.3, 0.4) is 0 Å². The van der Waals surface area contributed by atoms with Crippen LogP contribution < -0.4 is 31.4 Å². The zero-order valence-electron chi connectivity index (χ0n) is 21.7. The number of hydrogen-bond acceptors (Lipinski definition) is 8. The zero-order chi connectivity index (χ0) is 27.5. The van der Waals surface area contributed by atoms with Gasteiger partial charge in [-0.1, -0.05) is 12.1 Å². The van der Waals surface area contributed by atoms with Gasteiger partial charge in [0.05, 0.1) is 6.61 Å². The molecule has 200 valence electrons. The van der Waals surface area contributed by atoms with Crippen molar-refractivity contribution < 1.29 is 19.1 Å². The summed E-state index contributed by atoms with van der Waals surface area (Å²) < 4.78 is 11.7. The second-order valence-electron chi connectivity index (χ2n) is 8.52. The summed E-state index contributed by atoms with van der Waals surface area (Å²) in [5.74, 6) is -0.0789. The van der Waals surface area contributed by atoms with E-state index in [2.05, 4.69) is 21.2 Å². The lowest BCUT2D eigenvalue weighted by atomic mass is 10.0. The summed E-state index contributed by atoms with van der Waals surface area (Å²) in [6, 6.07) is 16.0. The molecule has 2 aromatic carbocycles. The topological polar surface area (TPSA) is 155 Å². The summed E-state index contributed by atoms with van der Waals surface area (Å²) in [5.41, 5.74) is 12.3. The van der Waals surface area contributed by atoms with Gasteiger partial charge in [0.15, 0.2) is 11.5 Å². The number of hydrazine groups is 1. The fraction of sp³-hybridized carbons (Fsp3) is 0.259. The van der Waals surface area contributed by atoms with Crippen molar-refractivity contribution in [1.82, 2.24) is 20.7 Å². The summed E-state index contributed by atoms with van der Waals surface area (Å²) in [4.78, 5) is 31.7. The Kier molecular flexibility index (Phi) is 10.0. The molecule has 0 spiro atoms. The van der Waals surface area contributed by atoms with Crippen LogP contribution in [0.5, 0.6) is 11.5 Å². The smallest absolute Gasteiger partial charge is 0.288 e. The van der Waals surface area contributed by atoms with E-state index in [1.165, 1.54) is 12.3 Å². The van der Waals surface area contributed by atoms with Gasteiger partial charge in [-0.2, -0.15) is 0 Å². The molecule has 0 bridgehead atoms. The number of rotatable bonds is 12. The predicted octanol–water partition coefficient (Wildman–Crippen LogP) is 2.32. The molecule has 3 aromatic rings. The number of aromatic nitrogens is 1. The van der Waals surface area contributed by atoms with Gasteiger partial charge in [-0.15, -0.1) is 0 Å². The average Bonchev–Trinajstić information content (AvgIpc) is 2.91. The van der Waals surface area contributed by atoms with Crippen LogP contribution >= 0.6 is 0 Å². The number of likely N-dealkylation sites (N-methyl/N-ethyl adjacent to an activating group) is 1. The molecule has 1 unspecified atom stereocenters. The second kappa shape index (κ2) is 13.6. The van der Waals surface area contributed by atoms with Crippen molar-refractivity contribution >= 4 is 23.3 Å². The molecule has 0 aliphatic heterocycles. The van der Waals surface area contributed by atoms with Gasteiger partial charge in [-0.05, 0) is 75.1 Å². The van der Waals surface area contributed by atoms with Crippen molar-refractivity contribution in [2.45, 2.75) is 13.0 Å². The largest absolute Gasteiger partial charge is 0.490 e. The summed E-state index contributed by atoms with van der Waals surface area (Å²) in [7, 11) is 3.92. The molecule has 11 heteroatoms. The van der Waals surface area contributed by atoms with E-state index in [0.29, 0.717) is 41.5 Å². The predicted molar refractivity (Wildman–Crippen MR) is 145 cm³/mol. The number of carbonyl (C=O) groups excluding carboxylic acids is 2. The van der Waals surface area contributed by atoms with E-state index in [4.69, 9.17) is 20.6 Å². The molecule has 11 nitrogen and oxygen atoms in total. The van der Waals surface area contributed by atoms with Crippen LogP contribution in [0.25, 0.3) is 0 Å². The first-order valence-electron chi connectivity index (χ1n) is 12.0. The third kappa shape index (κ3) is 7.93. The first-order chi connectivity index (χ1) is 18.3. The van der Waals surface area contributed by atoms with Crippen molar-refractivity contribution in [1.29, 1.82) is 5.41 Å². The van der Waals surface area contributed by atoms with Gasteiger partial charge in [-0.25, -0.2) is 0 Å². The summed E-state index contributed by atoms with van der Waals surface area (Å²) in [6.07, 6.45) is 1.49. The highest BCUT2D eigenvalue weighted by molar-refractivity contribution is 5.96. The summed E-state index contributed by atoms with van der Waals surface area (Å²) in [5, 5.41) is 10.8. The Bertz CT molecular complexity index is 1230. The van der Waals surface area contributed by atoms with Crippen molar-refractivity contribution in [2.75, 3.05) is 39.2 Å². The van der Waals surface area contributed by atoms with Crippen LogP contribution in [0.2, 0.25) is 0 Å². The van der Waals surface area contributed by atoms with Crippen LogP contribution in [-0.4, -0.2) is 61.4 Å². The van der Waals surface area contributed by atoms with Crippen molar-refractivity contribution in [3.63, 3.8) is 0 Å². The maximum atomic E-state index is 13.3. The average molecular weight is 520 g/mol. The second-order valence-corrected chi connectivity index (χ2v) is 8.52. The van der Waals surface area contributed by atoms with Crippen LogP contribution in [0, 0.1) is 5.41 Å². The Morgan fingerprint density at radius 1 is 1.03 bits per heavy atom. The molecule has 1 heterocycles. The maximum Gasteiger partial charge on any atom is 0.288 e. The highest BCUT2D eigenvalue weighted by atomic mass is 16.5. The lowest BCUT2D eigenvalue weighted by Crippen LogP contribution is -2.45. The Hall–Kier alpha value is -4.64. The van der Waals surface area contributed by atoms with Gasteiger partial charge in [0.1, 0.15) is 24.2 Å². The first-order valence-corrected chi connectivity index (χ1v) is 12.0. The number of benzene rings is 2. The lowest BCUT2D eigenvalue weighted by Gasteiger charge is -2.22. The number of carbonyl (C=O) groups is 2. The van der Waals surface area contributed by atoms with Gasteiger partial charge in [0, 0.05) is 24.0 Å². The molecule has 3 rings (SSSR count). The molecule has 0 saturated heterocycles. The number of nitrogen functional groups attached to an aromatic ring is 1. The number of pyridine rings is 1. The van der Waals surface area contributed by atoms with E-state index in [0.717, 1.165) is 6.54 Å². The van der Waals surface area contributed by atoms with E-state index in [1.54, 1.807) is 54.6 Å². The van der Waals surface area contributed by atoms with Crippen molar-refractivity contribution in [2.24, 2.45) is 5.73 Å². The van der Waals surface area contributed by atoms with Gasteiger partial charge >= 0.3 is 0 Å². The van der Waals surface area contributed by atoms with Gasteiger partial charge in [0.25, 0.3) is 11.8 Å². The van der Waals surface area contributed by atoms with Crippen molar-refractivity contribution in [3.05, 3.63) is 83.7 Å². The van der Waals surface area contributed by atoms with E-state index in [1.807, 2.05) is 25.9 Å². The fourth-order valence-electron chi connectivity index (χ4n) is 3.39. The molecule has 0 radical (unpaired) electrons. The number of hydrogen-bond donors (Lipinski definition) is 5. The zero-order valence-corrected chi connectivity index (χ0v) is 21.7. The monoisotopic (exact) mass is 519 g/mol. The molecule has 0 aliphatic rings. The number of amides is 2. The maximum absolute atomic E-state index is 13.3. The standard InChI is InChI=1S/C27H33N7O4/c1-4-37-23-17-19(10-13-22(23)38-16-15-34(2)3)24(31-20-11-8-18(9-12-20)25(28)29)27(36)33-32-26(35)21-7-5-6-14-30-21/h5-14,17,24,31H,4,15-16H2,1-3H3,(H3,28,29)(H,32,35)(H,33,36). The minimum Gasteiger partial charge on any atom is -0.490 e. The Labute approximate surface area is 221 Å². The highest BCUT2D eigenvalue weighted by Gasteiger charge is 2.23. The van der Waals surface area contributed by atoms with Gasteiger partial charge in [-0.3, -0.25) is 30.8 Å². The summed E-state index contributed by atoms with van der Waals surface area (Å²) >= 11 is 0. The van der Waals surface area contributed by atoms with Crippen LogP contribution in [-0.2, 0) is 4.79 Å². The van der Waals surface area contributed by atoms with E-state index in [-0.39, 0.29) is 11.5 Å². The number of nitrogens with zero attached hydrogens (tertiary/aromatic N) is 2. The minimum absolute atomic E-state index is 0.0608. The molecular weight excluding hydrogens is 486 g/mol. The van der Waals surface area contributed by atoms with Crippen molar-refractivity contribution in [3.8, 4) is 11.5 Å². The number of amidine groups is 1. The molecule has 0 aliphatic carbocycles. The van der Waals surface area contributed by atoms with E-state index in [9.17, 15) is 9.59 Å². The minimum atomic E-state index is -0.919. The van der Waals surface area contributed by atoms with E-state index >= 15 is 0 Å². The first kappa shape index (κ1) is 27.9. The quantitative estimate of drug-likeness (QED) is 0.139. The Morgan fingerprint density at radius 3 is 2.42 bits per heavy atom. The highest BCUT2D eigenvalue weighted by Crippen LogP contribution is 2.32. The van der Waals surface area contributed by atoms with Crippen LogP contribution in [0.4, 0.5) is 5.69 Å². The Balaban J connectivity index is 1.86. The molecular formula is C27H33N7O4.